The molecule has 1 aromatic rings. The van der Waals surface area contributed by atoms with Gasteiger partial charge in [-0.1, -0.05) is 6.07 Å². The van der Waals surface area contributed by atoms with Gasteiger partial charge in [-0.3, -0.25) is 4.98 Å². The highest BCUT2D eigenvalue weighted by atomic mass is 32.2. The highest BCUT2D eigenvalue weighted by Crippen LogP contribution is 2.12. The minimum absolute atomic E-state index is 0.294. The molecule has 0 bridgehead atoms. The van der Waals surface area contributed by atoms with E-state index in [9.17, 15) is 0 Å². The monoisotopic (exact) mass is 208 g/mol. The Morgan fingerprint density at radius 1 is 1.57 bits per heavy atom. The van der Waals surface area contributed by atoms with Crippen molar-refractivity contribution in [3.8, 4) is 0 Å². The molecular weight excluding hydrogens is 196 g/mol. The number of thioether (sulfide) groups is 1. The lowest BCUT2D eigenvalue weighted by Crippen LogP contribution is -2.08. The summed E-state index contributed by atoms with van der Waals surface area (Å²) in [5.74, 6) is 1.70. The van der Waals surface area contributed by atoms with E-state index in [1.807, 2.05) is 18.2 Å². The lowest BCUT2D eigenvalue weighted by Gasteiger charge is -1.99. The fourth-order valence-electron chi connectivity index (χ4n) is 1.32. The van der Waals surface area contributed by atoms with Crippen molar-refractivity contribution < 1.29 is 4.74 Å². The largest absolute Gasteiger partial charge is 0.474 e. The molecule has 1 aromatic heterocycles. The summed E-state index contributed by atoms with van der Waals surface area (Å²) in [5, 5.41) is 0. The van der Waals surface area contributed by atoms with Gasteiger partial charge in [0, 0.05) is 11.9 Å². The van der Waals surface area contributed by atoms with Crippen LogP contribution in [0.25, 0.3) is 0 Å². The summed E-state index contributed by atoms with van der Waals surface area (Å²) in [6, 6.07) is 6.04. The summed E-state index contributed by atoms with van der Waals surface area (Å²) >= 11 is 1.79. The van der Waals surface area contributed by atoms with Crippen LogP contribution in [-0.2, 0) is 4.74 Å². The molecule has 0 amide bonds. The van der Waals surface area contributed by atoms with Crippen molar-refractivity contribution in [1.29, 1.82) is 0 Å². The summed E-state index contributed by atoms with van der Waals surface area (Å²) in [7, 11) is 0. The molecule has 0 fully saturated rings. The summed E-state index contributed by atoms with van der Waals surface area (Å²) in [5.41, 5.74) is 0.830. The van der Waals surface area contributed by atoms with E-state index in [-0.39, 0.29) is 0 Å². The number of hydrogen-bond donors (Lipinski definition) is 0. The molecule has 0 N–H and O–H groups in total. The van der Waals surface area contributed by atoms with E-state index in [0.717, 1.165) is 11.4 Å². The van der Waals surface area contributed by atoms with E-state index >= 15 is 0 Å². The standard InChI is InChI=1S/C10H12N2OS/c1-14-7-8-6-13-10(12-8)9-4-2-3-5-11-9/h2-5,8H,6-7H2,1H3/t8-/m0/s1. The Bertz CT molecular complexity index is 326. The van der Waals surface area contributed by atoms with Crippen LogP contribution in [0, 0.1) is 0 Å². The second-order valence-corrected chi connectivity index (χ2v) is 3.98. The molecule has 0 aromatic carbocycles. The van der Waals surface area contributed by atoms with Crippen molar-refractivity contribution in [2.75, 3.05) is 18.6 Å². The van der Waals surface area contributed by atoms with E-state index in [4.69, 9.17) is 4.74 Å². The molecule has 1 aliphatic rings. The zero-order chi connectivity index (χ0) is 9.80. The number of aromatic nitrogens is 1. The van der Waals surface area contributed by atoms with Gasteiger partial charge in [-0.05, 0) is 18.4 Å². The van der Waals surface area contributed by atoms with Gasteiger partial charge in [0.25, 0.3) is 0 Å². The average Bonchev–Trinajstić information content (AvgIpc) is 2.68. The first kappa shape index (κ1) is 9.52. The molecule has 0 saturated carbocycles. The molecule has 0 radical (unpaired) electrons. The highest BCUT2D eigenvalue weighted by Gasteiger charge is 2.19. The Kier molecular flexibility index (Phi) is 3.03. The molecule has 2 rings (SSSR count). The first-order chi connectivity index (χ1) is 6.90. The average molecular weight is 208 g/mol. The summed E-state index contributed by atoms with van der Waals surface area (Å²) in [6.45, 7) is 0.687. The third-order valence-electron chi connectivity index (χ3n) is 1.96. The zero-order valence-electron chi connectivity index (χ0n) is 8.01. The van der Waals surface area contributed by atoms with Crippen molar-refractivity contribution in [2.45, 2.75) is 6.04 Å². The summed E-state index contributed by atoms with van der Waals surface area (Å²) in [4.78, 5) is 8.65. The molecule has 1 aliphatic heterocycles. The van der Waals surface area contributed by atoms with Crippen LogP contribution >= 0.6 is 11.8 Å². The number of aliphatic imine (C=N–C) groups is 1. The molecule has 74 valence electrons. The minimum Gasteiger partial charge on any atom is -0.474 e. The molecule has 4 heteroatoms. The van der Waals surface area contributed by atoms with Crippen LogP contribution in [0.5, 0.6) is 0 Å². The molecule has 14 heavy (non-hydrogen) atoms. The third kappa shape index (κ3) is 2.07. The summed E-state index contributed by atoms with van der Waals surface area (Å²) in [6.07, 6.45) is 3.83. The number of nitrogens with zero attached hydrogens (tertiary/aromatic N) is 2. The SMILES string of the molecule is CSC[C@@H]1COC(c2ccccn2)=N1. The van der Waals surface area contributed by atoms with E-state index in [2.05, 4.69) is 16.2 Å². The molecule has 3 nitrogen and oxygen atoms in total. The summed E-state index contributed by atoms with van der Waals surface area (Å²) < 4.78 is 5.48. The topological polar surface area (TPSA) is 34.5 Å². The Hall–Kier alpha value is -1.03. The van der Waals surface area contributed by atoms with Gasteiger partial charge in [-0.25, -0.2) is 4.99 Å². The van der Waals surface area contributed by atoms with Crippen LogP contribution in [0.4, 0.5) is 0 Å². The number of rotatable bonds is 3. The molecule has 1 atom stereocenters. The van der Waals surface area contributed by atoms with Gasteiger partial charge in [0.1, 0.15) is 12.3 Å². The predicted molar refractivity (Wildman–Crippen MR) is 58.9 cm³/mol. The van der Waals surface area contributed by atoms with Crippen LogP contribution < -0.4 is 0 Å². The van der Waals surface area contributed by atoms with Gasteiger partial charge >= 0.3 is 0 Å². The lowest BCUT2D eigenvalue weighted by atomic mass is 10.3. The van der Waals surface area contributed by atoms with Crippen LogP contribution in [0.3, 0.4) is 0 Å². The quantitative estimate of drug-likeness (QED) is 0.756. The minimum atomic E-state index is 0.294. The molecule has 0 unspecified atom stereocenters. The second kappa shape index (κ2) is 4.46. The van der Waals surface area contributed by atoms with Gasteiger partial charge in [0.05, 0.1) is 6.04 Å². The predicted octanol–water partition coefficient (Wildman–Crippen LogP) is 1.59. The maximum absolute atomic E-state index is 5.48. The van der Waals surface area contributed by atoms with E-state index in [1.54, 1.807) is 18.0 Å². The molecule has 0 saturated heterocycles. The van der Waals surface area contributed by atoms with E-state index < -0.39 is 0 Å². The van der Waals surface area contributed by atoms with Gasteiger partial charge in [0.2, 0.25) is 5.90 Å². The Morgan fingerprint density at radius 3 is 3.21 bits per heavy atom. The molecular formula is C10H12N2OS. The number of hydrogen-bond acceptors (Lipinski definition) is 4. The Labute approximate surface area is 87.6 Å². The molecule has 2 heterocycles. The van der Waals surface area contributed by atoms with Crippen LogP contribution in [0.1, 0.15) is 5.69 Å². The van der Waals surface area contributed by atoms with Crippen LogP contribution in [0.2, 0.25) is 0 Å². The normalized spacial score (nSPS) is 20.4. The van der Waals surface area contributed by atoms with Crippen LogP contribution in [-0.4, -0.2) is 35.5 Å². The molecule has 0 aliphatic carbocycles. The van der Waals surface area contributed by atoms with Crippen molar-refractivity contribution >= 4 is 17.7 Å². The van der Waals surface area contributed by atoms with Crippen molar-refractivity contribution in [3.63, 3.8) is 0 Å². The maximum atomic E-state index is 5.48. The van der Waals surface area contributed by atoms with Crippen LogP contribution in [0.15, 0.2) is 29.4 Å². The zero-order valence-corrected chi connectivity index (χ0v) is 8.83. The van der Waals surface area contributed by atoms with Gasteiger partial charge < -0.3 is 4.74 Å². The first-order valence-corrected chi connectivity index (χ1v) is 5.90. The smallest absolute Gasteiger partial charge is 0.235 e. The van der Waals surface area contributed by atoms with Gasteiger partial charge in [-0.15, -0.1) is 0 Å². The van der Waals surface area contributed by atoms with Crippen molar-refractivity contribution in [1.82, 2.24) is 4.98 Å². The first-order valence-electron chi connectivity index (χ1n) is 4.51. The lowest BCUT2D eigenvalue weighted by molar-refractivity contribution is 0.324. The Balaban J connectivity index is 2.10. The second-order valence-electron chi connectivity index (χ2n) is 3.07. The highest BCUT2D eigenvalue weighted by molar-refractivity contribution is 7.98. The molecule has 0 spiro atoms. The van der Waals surface area contributed by atoms with Crippen molar-refractivity contribution in [3.05, 3.63) is 30.1 Å². The number of ether oxygens (including phenoxy) is 1. The number of pyridine rings is 1. The third-order valence-corrected chi connectivity index (χ3v) is 2.67. The van der Waals surface area contributed by atoms with Crippen molar-refractivity contribution in [2.24, 2.45) is 4.99 Å². The van der Waals surface area contributed by atoms with E-state index in [0.29, 0.717) is 18.5 Å². The fourth-order valence-corrected chi connectivity index (χ4v) is 1.88. The van der Waals surface area contributed by atoms with E-state index in [1.165, 1.54) is 0 Å². The van der Waals surface area contributed by atoms with Gasteiger partial charge in [0.15, 0.2) is 0 Å². The maximum Gasteiger partial charge on any atom is 0.235 e. The Morgan fingerprint density at radius 2 is 2.50 bits per heavy atom. The fraction of sp³-hybridized carbons (Fsp3) is 0.400. The van der Waals surface area contributed by atoms with Gasteiger partial charge in [-0.2, -0.15) is 11.8 Å².